The van der Waals surface area contributed by atoms with Crippen molar-refractivity contribution in [2.45, 2.75) is 38.4 Å². The van der Waals surface area contributed by atoms with Crippen molar-refractivity contribution >= 4 is 0 Å². The van der Waals surface area contributed by atoms with Gasteiger partial charge in [0.25, 0.3) is 0 Å². The van der Waals surface area contributed by atoms with Crippen molar-refractivity contribution in [2.24, 2.45) is 5.73 Å². The summed E-state index contributed by atoms with van der Waals surface area (Å²) in [5.74, 6) is -0.197. The molecule has 0 bridgehead atoms. The summed E-state index contributed by atoms with van der Waals surface area (Å²) in [6.07, 6.45) is 3.93. The first-order valence-corrected chi connectivity index (χ1v) is 5.88. The predicted molar refractivity (Wildman–Crippen MR) is 63.4 cm³/mol. The Morgan fingerprint density at radius 3 is 2.75 bits per heavy atom. The third-order valence-electron chi connectivity index (χ3n) is 3.46. The summed E-state index contributed by atoms with van der Waals surface area (Å²) in [7, 11) is 2.13. The molecule has 0 amide bonds. The summed E-state index contributed by atoms with van der Waals surface area (Å²) in [5, 5.41) is 0. The van der Waals surface area contributed by atoms with E-state index in [-0.39, 0.29) is 12.4 Å². The van der Waals surface area contributed by atoms with Crippen LogP contribution in [0.25, 0.3) is 0 Å². The van der Waals surface area contributed by atoms with Crippen LogP contribution in [-0.4, -0.2) is 18.0 Å². The average Bonchev–Trinajstić information content (AvgIpc) is 2.18. The zero-order valence-electron chi connectivity index (χ0n) is 9.75. The van der Waals surface area contributed by atoms with Gasteiger partial charge in [0.15, 0.2) is 0 Å². The van der Waals surface area contributed by atoms with Crippen LogP contribution in [0, 0.1) is 5.82 Å². The van der Waals surface area contributed by atoms with Gasteiger partial charge in [-0.1, -0.05) is 18.6 Å². The van der Waals surface area contributed by atoms with Crippen LogP contribution in [0.1, 0.15) is 30.4 Å². The van der Waals surface area contributed by atoms with Gasteiger partial charge < -0.3 is 5.73 Å². The van der Waals surface area contributed by atoms with Gasteiger partial charge in [-0.25, -0.2) is 4.39 Å². The maximum Gasteiger partial charge on any atom is 0.127 e. The van der Waals surface area contributed by atoms with Gasteiger partial charge in [-0.3, -0.25) is 4.90 Å². The Hall–Kier alpha value is -0.930. The molecular formula is C13H19FN2. The molecule has 16 heavy (non-hydrogen) atoms. The van der Waals surface area contributed by atoms with E-state index in [0.717, 1.165) is 12.1 Å². The van der Waals surface area contributed by atoms with E-state index in [1.807, 2.05) is 12.1 Å². The van der Waals surface area contributed by atoms with Gasteiger partial charge in [-0.15, -0.1) is 0 Å². The first-order valence-electron chi connectivity index (χ1n) is 5.88. The molecule has 0 saturated heterocycles. The largest absolute Gasteiger partial charge is 0.326 e. The number of nitrogens with two attached hydrogens (primary N) is 1. The Bertz CT molecular complexity index is 361. The maximum atomic E-state index is 13.2. The highest BCUT2D eigenvalue weighted by atomic mass is 19.1. The van der Waals surface area contributed by atoms with Crippen LogP contribution in [-0.2, 0) is 13.1 Å². The van der Waals surface area contributed by atoms with E-state index in [4.69, 9.17) is 5.73 Å². The fourth-order valence-electron chi connectivity index (χ4n) is 2.13. The van der Waals surface area contributed by atoms with Crippen molar-refractivity contribution in [1.29, 1.82) is 0 Å². The number of nitrogens with zero attached hydrogens (tertiary/aromatic N) is 1. The van der Waals surface area contributed by atoms with Crippen LogP contribution in [0.3, 0.4) is 0 Å². The molecule has 1 aliphatic carbocycles. The van der Waals surface area contributed by atoms with Gasteiger partial charge >= 0.3 is 0 Å². The summed E-state index contributed by atoms with van der Waals surface area (Å²) < 4.78 is 13.2. The summed E-state index contributed by atoms with van der Waals surface area (Å²) in [6, 6.07) is 5.96. The molecule has 0 atom stereocenters. The average molecular weight is 222 g/mol. The van der Waals surface area contributed by atoms with Crippen LogP contribution in [0.4, 0.5) is 4.39 Å². The molecule has 1 aromatic carbocycles. The Kier molecular flexibility index (Phi) is 3.56. The second kappa shape index (κ2) is 4.93. The molecule has 1 fully saturated rings. The Balaban J connectivity index is 2.03. The van der Waals surface area contributed by atoms with Crippen LogP contribution < -0.4 is 5.73 Å². The van der Waals surface area contributed by atoms with Crippen LogP contribution in [0.2, 0.25) is 0 Å². The molecule has 2 rings (SSSR count). The van der Waals surface area contributed by atoms with Crippen molar-refractivity contribution in [3.05, 3.63) is 35.1 Å². The number of hydrogen-bond acceptors (Lipinski definition) is 2. The molecule has 0 unspecified atom stereocenters. The van der Waals surface area contributed by atoms with Gasteiger partial charge in [0.2, 0.25) is 0 Å². The van der Waals surface area contributed by atoms with Crippen LogP contribution in [0.15, 0.2) is 18.2 Å². The zero-order chi connectivity index (χ0) is 11.5. The summed E-state index contributed by atoms with van der Waals surface area (Å²) in [4.78, 5) is 2.34. The fourth-order valence-corrected chi connectivity index (χ4v) is 2.13. The smallest absolute Gasteiger partial charge is 0.127 e. The van der Waals surface area contributed by atoms with Crippen LogP contribution >= 0.6 is 0 Å². The van der Waals surface area contributed by atoms with E-state index >= 15 is 0 Å². The summed E-state index contributed by atoms with van der Waals surface area (Å²) >= 11 is 0. The first kappa shape index (κ1) is 11.6. The van der Waals surface area contributed by atoms with E-state index < -0.39 is 0 Å². The van der Waals surface area contributed by atoms with Gasteiger partial charge in [-0.05, 0) is 31.5 Å². The Labute approximate surface area is 96.2 Å². The topological polar surface area (TPSA) is 29.3 Å². The van der Waals surface area contributed by atoms with Crippen LogP contribution in [0.5, 0.6) is 0 Å². The van der Waals surface area contributed by atoms with Crippen molar-refractivity contribution < 1.29 is 4.39 Å². The van der Waals surface area contributed by atoms with Crippen molar-refractivity contribution in [1.82, 2.24) is 4.90 Å². The second-order valence-corrected chi connectivity index (χ2v) is 4.63. The standard InChI is InChI=1S/C13H19FN2/c1-16(12-3-2-4-12)9-10-5-6-13(14)11(7-10)8-15/h5-7,12H,2-4,8-9,15H2,1H3. The lowest BCUT2D eigenvalue weighted by Crippen LogP contribution is -2.36. The number of benzene rings is 1. The van der Waals surface area contributed by atoms with Crippen molar-refractivity contribution in [3.63, 3.8) is 0 Å². The molecule has 3 heteroatoms. The Morgan fingerprint density at radius 1 is 1.44 bits per heavy atom. The normalized spacial score (nSPS) is 16.5. The van der Waals surface area contributed by atoms with E-state index in [0.29, 0.717) is 11.6 Å². The molecule has 0 heterocycles. The number of halogens is 1. The minimum atomic E-state index is -0.197. The molecule has 1 saturated carbocycles. The summed E-state index contributed by atoms with van der Waals surface area (Å²) in [6.45, 7) is 1.16. The van der Waals surface area contributed by atoms with Gasteiger partial charge in [0.05, 0.1) is 0 Å². The summed E-state index contributed by atoms with van der Waals surface area (Å²) in [5.41, 5.74) is 7.25. The van der Waals surface area contributed by atoms with E-state index in [1.165, 1.54) is 25.3 Å². The molecule has 2 N–H and O–H groups in total. The molecule has 1 aliphatic rings. The third-order valence-corrected chi connectivity index (χ3v) is 3.46. The highest BCUT2D eigenvalue weighted by Gasteiger charge is 2.21. The Morgan fingerprint density at radius 2 is 2.19 bits per heavy atom. The highest BCUT2D eigenvalue weighted by Crippen LogP contribution is 2.25. The molecule has 88 valence electrons. The minimum absolute atomic E-state index is 0.197. The van der Waals surface area contributed by atoms with Crippen molar-refractivity contribution in [3.8, 4) is 0 Å². The fraction of sp³-hybridized carbons (Fsp3) is 0.538. The lowest BCUT2D eigenvalue weighted by Gasteiger charge is -2.34. The molecule has 2 nitrogen and oxygen atoms in total. The second-order valence-electron chi connectivity index (χ2n) is 4.63. The van der Waals surface area contributed by atoms with Gasteiger partial charge in [0.1, 0.15) is 5.82 Å². The minimum Gasteiger partial charge on any atom is -0.326 e. The first-order chi connectivity index (χ1) is 7.70. The van der Waals surface area contributed by atoms with E-state index in [1.54, 1.807) is 0 Å². The quantitative estimate of drug-likeness (QED) is 0.846. The molecule has 0 aliphatic heterocycles. The van der Waals surface area contributed by atoms with E-state index in [2.05, 4.69) is 11.9 Å². The molecule has 0 aromatic heterocycles. The predicted octanol–water partition coefficient (Wildman–Crippen LogP) is 2.27. The molecular weight excluding hydrogens is 203 g/mol. The third kappa shape index (κ3) is 2.42. The lowest BCUT2D eigenvalue weighted by molar-refractivity contribution is 0.152. The number of rotatable bonds is 4. The van der Waals surface area contributed by atoms with Crippen molar-refractivity contribution in [2.75, 3.05) is 7.05 Å². The molecule has 0 radical (unpaired) electrons. The van der Waals surface area contributed by atoms with Gasteiger partial charge in [0, 0.05) is 24.7 Å². The number of hydrogen-bond donors (Lipinski definition) is 1. The molecule has 1 aromatic rings. The maximum absolute atomic E-state index is 13.2. The molecule has 0 spiro atoms. The zero-order valence-corrected chi connectivity index (χ0v) is 9.75. The lowest BCUT2D eigenvalue weighted by atomic mass is 9.91. The highest BCUT2D eigenvalue weighted by molar-refractivity contribution is 5.25. The monoisotopic (exact) mass is 222 g/mol. The SMILES string of the molecule is CN(Cc1ccc(F)c(CN)c1)C1CCC1. The van der Waals surface area contributed by atoms with E-state index in [9.17, 15) is 4.39 Å². The van der Waals surface area contributed by atoms with Gasteiger partial charge in [-0.2, -0.15) is 0 Å².